The summed E-state index contributed by atoms with van der Waals surface area (Å²) in [5.41, 5.74) is 0. The molecule has 3 unspecified atom stereocenters. The lowest BCUT2D eigenvalue weighted by atomic mass is 10.00. The monoisotopic (exact) mass is 207 g/mol. The van der Waals surface area contributed by atoms with Crippen LogP contribution in [0, 0.1) is 11.8 Å². The van der Waals surface area contributed by atoms with E-state index in [1.807, 2.05) is 24.0 Å². The highest BCUT2D eigenvalue weighted by Crippen LogP contribution is 2.39. The summed E-state index contributed by atoms with van der Waals surface area (Å²) in [6.07, 6.45) is 5.89. The second-order valence-electron chi connectivity index (χ2n) is 4.81. The fourth-order valence-electron chi connectivity index (χ4n) is 3.06. The summed E-state index contributed by atoms with van der Waals surface area (Å²) in [5, 5.41) is 9.83. The molecule has 4 nitrogen and oxygen atoms in total. The van der Waals surface area contributed by atoms with Crippen LogP contribution in [0.25, 0.3) is 0 Å². The van der Waals surface area contributed by atoms with E-state index in [0.717, 1.165) is 25.5 Å². The van der Waals surface area contributed by atoms with Crippen LogP contribution in [0.15, 0.2) is 12.4 Å². The van der Waals surface area contributed by atoms with Crippen molar-refractivity contribution in [3.63, 3.8) is 0 Å². The molecule has 2 fully saturated rings. The van der Waals surface area contributed by atoms with E-state index in [1.54, 1.807) is 0 Å². The molecule has 1 aliphatic heterocycles. The number of aliphatic hydroxyl groups excluding tert-OH is 1. The quantitative estimate of drug-likeness (QED) is 0.734. The molecule has 0 radical (unpaired) electrons. The maximum atomic E-state index is 9.83. The van der Waals surface area contributed by atoms with Crippen molar-refractivity contribution in [1.29, 1.82) is 0 Å². The van der Waals surface area contributed by atoms with Gasteiger partial charge in [-0.25, -0.2) is 4.98 Å². The molecule has 2 heterocycles. The number of nitrogens with zero attached hydrogens (tertiary/aromatic N) is 3. The van der Waals surface area contributed by atoms with Gasteiger partial charge < -0.3 is 14.6 Å². The molecule has 0 aromatic carbocycles. The molecule has 0 spiro atoms. The summed E-state index contributed by atoms with van der Waals surface area (Å²) in [4.78, 5) is 6.66. The van der Waals surface area contributed by atoms with Gasteiger partial charge in [0.25, 0.3) is 0 Å². The van der Waals surface area contributed by atoms with Crippen LogP contribution in [0.2, 0.25) is 0 Å². The first kappa shape index (κ1) is 9.21. The number of hydrogen-bond acceptors (Lipinski definition) is 3. The van der Waals surface area contributed by atoms with E-state index in [4.69, 9.17) is 0 Å². The molecular weight excluding hydrogens is 190 g/mol. The van der Waals surface area contributed by atoms with Crippen LogP contribution >= 0.6 is 0 Å². The Morgan fingerprint density at radius 3 is 2.93 bits per heavy atom. The maximum absolute atomic E-state index is 9.83. The van der Waals surface area contributed by atoms with Crippen molar-refractivity contribution in [2.45, 2.75) is 18.9 Å². The summed E-state index contributed by atoms with van der Waals surface area (Å²) in [6, 6.07) is 0. The molecule has 1 aliphatic carbocycles. The van der Waals surface area contributed by atoms with Crippen molar-refractivity contribution >= 4 is 5.95 Å². The van der Waals surface area contributed by atoms with E-state index in [1.165, 1.54) is 6.42 Å². The smallest absolute Gasteiger partial charge is 0.205 e. The summed E-state index contributed by atoms with van der Waals surface area (Å²) >= 11 is 0. The molecule has 0 bridgehead atoms. The second-order valence-corrected chi connectivity index (χ2v) is 4.81. The van der Waals surface area contributed by atoms with Crippen molar-refractivity contribution in [3.8, 4) is 0 Å². The van der Waals surface area contributed by atoms with Crippen LogP contribution < -0.4 is 4.90 Å². The fraction of sp³-hybridized carbons (Fsp3) is 0.727. The number of aliphatic hydroxyl groups is 1. The summed E-state index contributed by atoms with van der Waals surface area (Å²) < 4.78 is 2.05. The van der Waals surface area contributed by atoms with Gasteiger partial charge in [-0.3, -0.25) is 0 Å². The van der Waals surface area contributed by atoms with Gasteiger partial charge in [0.05, 0.1) is 6.10 Å². The first-order valence-electron chi connectivity index (χ1n) is 5.66. The molecule has 82 valence electrons. The lowest BCUT2D eigenvalue weighted by molar-refractivity contribution is 0.133. The van der Waals surface area contributed by atoms with Crippen molar-refractivity contribution in [1.82, 2.24) is 9.55 Å². The van der Waals surface area contributed by atoms with Gasteiger partial charge in [-0.05, 0) is 18.8 Å². The molecule has 4 heteroatoms. The van der Waals surface area contributed by atoms with Gasteiger partial charge in [-0.1, -0.05) is 0 Å². The van der Waals surface area contributed by atoms with Crippen molar-refractivity contribution in [3.05, 3.63) is 12.4 Å². The summed E-state index contributed by atoms with van der Waals surface area (Å²) in [6.45, 7) is 2.03. The van der Waals surface area contributed by atoms with Crippen LogP contribution in [0.4, 0.5) is 5.95 Å². The standard InChI is InChI=1S/C11H17N3O/c1-13-5-4-12-11(13)14-6-8-2-3-10(15)9(8)7-14/h4-5,8-10,15H,2-3,6-7H2,1H3. The summed E-state index contributed by atoms with van der Waals surface area (Å²) in [7, 11) is 2.02. The number of anilines is 1. The third kappa shape index (κ3) is 1.35. The Hall–Kier alpha value is -1.03. The Kier molecular flexibility index (Phi) is 1.99. The highest BCUT2D eigenvalue weighted by atomic mass is 16.3. The third-order valence-corrected chi connectivity index (χ3v) is 3.90. The zero-order chi connectivity index (χ0) is 10.4. The van der Waals surface area contributed by atoms with Gasteiger partial charge in [0.15, 0.2) is 0 Å². The minimum atomic E-state index is -0.0831. The van der Waals surface area contributed by atoms with E-state index in [9.17, 15) is 5.11 Å². The molecule has 15 heavy (non-hydrogen) atoms. The van der Waals surface area contributed by atoms with Crippen LogP contribution in [0.1, 0.15) is 12.8 Å². The topological polar surface area (TPSA) is 41.3 Å². The van der Waals surface area contributed by atoms with E-state index >= 15 is 0 Å². The minimum absolute atomic E-state index is 0.0831. The number of fused-ring (bicyclic) bond motifs is 1. The highest BCUT2D eigenvalue weighted by Gasteiger charge is 2.42. The van der Waals surface area contributed by atoms with Crippen LogP contribution in [0.5, 0.6) is 0 Å². The summed E-state index contributed by atoms with van der Waals surface area (Å²) in [5.74, 6) is 2.19. The molecule has 3 rings (SSSR count). The van der Waals surface area contributed by atoms with E-state index < -0.39 is 0 Å². The molecule has 0 amide bonds. The Morgan fingerprint density at radius 2 is 2.27 bits per heavy atom. The average molecular weight is 207 g/mol. The Bertz CT molecular complexity index is 362. The zero-order valence-corrected chi connectivity index (χ0v) is 9.00. The minimum Gasteiger partial charge on any atom is -0.393 e. The average Bonchev–Trinajstić information content (AvgIpc) is 2.84. The van der Waals surface area contributed by atoms with Crippen molar-refractivity contribution in [2.75, 3.05) is 18.0 Å². The lowest BCUT2D eigenvalue weighted by Gasteiger charge is -2.19. The molecule has 1 saturated carbocycles. The predicted octanol–water partition coefficient (Wildman–Crippen LogP) is 0.627. The highest BCUT2D eigenvalue weighted by molar-refractivity contribution is 5.34. The number of imidazole rings is 1. The van der Waals surface area contributed by atoms with Gasteiger partial charge in [0.1, 0.15) is 0 Å². The molecular formula is C11H17N3O. The Labute approximate surface area is 89.5 Å². The van der Waals surface area contributed by atoms with E-state index in [-0.39, 0.29) is 6.10 Å². The molecule has 1 N–H and O–H groups in total. The maximum Gasteiger partial charge on any atom is 0.205 e. The Morgan fingerprint density at radius 1 is 1.40 bits per heavy atom. The molecule has 2 aliphatic rings. The number of hydrogen-bond donors (Lipinski definition) is 1. The van der Waals surface area contributed by atoms with Crippen LogP contribution in [-0.4, -0.2) is 33.9 Å². The zero-order valence-electron chi connectivity index (χ0n) is 9.00. The number of aryl methyl sites for hydroxylation is 1. The first-order valence-corrected chi connectivity index (χ1v) is 5.66. The van der Waals surface area contributed by atoms with E-state index in [0.29, 0.717) is 11.8 Å². The molecule has 3 atom stereocenters. The second kappa shape index (κ2) is 3.23. The first-order chi connectivity index (χ1) is 7.25. The van der Waals surface area contributed by atoms with Crippen molar-refractivity contribution < 1.29 is 5.11 Å². The normalized spacial score (nSPS) is 34.8. The van der Waals surface area contributed by atoms with E-state index in [2.05, 4.69) is 9.88 Å². The number of aromatic nitrogens is 2. The molecule has 1 aromatic rings. The fourth-order valence-corrected chi connectivity index (χ4v) is 3.06. The SMILES string of the molecule is Cn1ccnc1N1CC2CCC(O)C2C1. The molecule has 1 saturated heterocycles. The van der Waals surface area contributed by atoms with Gasteiger partial charge in [-0.15, -0.1) is 0 Å². The Balaban J connectivity index is 1.80. The van der Waals surface area contributed by atoms with Gasteiger partial charge in [0, 0.05) is 38.4 Å². The lowest BCUT2D eigenvalue weighted by Crippen LogP contribution is -2.26. The van der Waals surface area contributed by atoms with Crippen molar-refractivity contribution in [2.24, 2.45) is 18.9 Å². The third-order valence-electron chi connectivity index (χ3n) is 3.90. The van der Waals surface area contributed by atoms with Crippen LogP contribution in [0.3, 0.4) is 0 Å². The largest absolute Gasteiger partial charge is 0.393 e. The molecule has 1 aromatic heterocycles. The van der Waals surface area contributed by atoms with Gasteiger partial charge >= 0.3 is 0 Å². The predicted molar refractivity (Wildman–Crippen MR) is 57.6 cm³/mol. The van der Waals surface area contributed by atoms with Gasteiger partial charge in [-0.2, -0.15) is 0 Å². The van der Waals surface area contributed by atoms with Crippen LogP contribution in [-0.2, 0) is 7.05 Å². The number of rotatable bonds is 1. The van der Waals surface area contributed by atoms with Gasteiger partial charge in [0.2, 0.25) is 5.95 Å².